The Morgan fingerprint density at radius 2 is 2.11 bits per heavy atom. The molecule has 1 fully saturated rings. The molecule has 0 atom stereocenters. The van der Waals surface area contributed by atoms with Crippen molar-refractivity contribution in [1.29, 1.82) is 0 Å². The fourth-order valence-corrected chi connectivity index (χ4v) is 2.46. The maximum Gasteiger partial charge on any atom is 0.169 e. The molecule has 1 aromatic carbocycles. The van der Waals surface area contributed by atoms with E-state index in [4.69, 9.17) is 9.47 Å². The Morgan fingerprint density at radius 1 is 1.42 bits per heavy atom. The van der Waals surface area contributed by atoms with Gasteiger partial charge in [-0.05, 0) is 30.2 Å². The maximum atomic E-state index is 13.3. The van der Waals surface area contributed by atoms with Crippen molar-refractivity contribution in [2.24, 2.45) is 0 Å². The fourth-order valence-electron chi connectivity index (χ4n) is 2.46. The number of hydrogen-bond donors (Lipinski definition) is 0. The second-order valence-electron chi connectivity index (χ2n) is 4.98. The molecule has 1 aliphatic heterocycles. The third-order valence-corrected chi connectivity index (χ3v) is 3.86. The van der Waals surface area contributed by atoms with E-state index in [-0.39, 0.29) is 18.0 Å². The average molecular weight is 266 g/mol. The first-order chi connectivity index (χ1) is 9.07. The highest BCUT2D eigenvalue weighted by atomic mass is 19.1. The van der Waals surface area contributed by atoms with Crippen LogP contribution in [0, 0.1) is 12.7 Å². The van der Waals surface area contributed by atoms with Crippen molar-refractivity contribution in [3.05, 3.63) is 35.1 Å². The molecule has 1 heterocycles. The van der Waals surface area contributed by atoms with Gasteiger partial charge < -0.3 is 9.47 Å². The number of halogens is 1. The molecular formula is C15H19FO3. The van der Waals surface area contributed by atoms with Gasteiger partial charge in [0.25, 0.3) is 0 Å². The van der Waals surface area contributed by atoms with Crippen LogP contribution in [0.4, 0.5) is 4.39 Å². The van der Waals surface area contributed by atoms with Crippen molar-refractivity contribution in [1.82, 2.24) is 0 Å². The zero-order valence-electron chi connectivity index (χ0n) is 11.4. The quantitative estimate of drug-likeness (QED) is 0.839. The van der Waals surface area contributed by atoms with Crippen molar-refractivity contribution >= 4 is 5.78 Å². The number of ether oxygens (including phenoxy) is 2. The van der Waals surface area contributed by atoms with Crippen LogP contribution in [-0.2, 0) is 20.7 Å². The lowest BCUT2D eigenvalue weighted by molar-refractivity contribution is -0.151. The number of hydrogen-bond acceptors (Lipinski definition) is 3. The molecule has 0 bridgehead atoms. The van der Waals surface area contributed by atoms with E-state index < -0.39 is 5.60 Å². The lowest BCUT2D eigenvalue weighted by atomic mass is 9.85. The Hall–Kier alpha value is -1.26. The maximum absolute atomic E-state index is 13.3. The molecule has 19 heavy (non-hydrogen) atoms. The lowest BCUT2D eigenvalue weighted by Crippen LogP contribution is -2.46. The molecule has 1 saturated heterocycles. The van der Waals surface area contributed by atoms with Crippen LogP contribution < -0.4 is 0 Å². The zero-order chi connectivity index (χ0) is 13.9. The smallest absolute Gasteiger partial charge is 0.169 e. The van der Waals surface area contributed by atoms with E-state index in [0.717, 1.165) is 11.1 Å². The van der Waals surface area contributed by atoms with Gasteiger partial charge in [0, 0.05) is 39.6 Å². The molecular weight excluding hydrogens is 247 g/mol. The molecule has 4 heteroatoms. The van der Waals surface area contributed by atoms with Gasteiger partial charge in [0.15, 0.2) is 5.78 Å². The monoisotopic (exact) mass is 266 g/mol. The highest BCUT2D eigenvalue weighted by molar-refractivity contribution is 5.89. The Labute approximate surface area is 112 Å². The van der Waals surface area contributed by atoms with Gasteiger partial charge in [0.2, 0.25) is 0 Å². The van der Waals surface area contributed by atoms with Crippen LogP contribution in [0.5, 0.6) is 0 Å². The minimum Gasteiger partial charge on any atom is -0.381 e. The first kappa shape index (κ1) is 14.2. The third-order valence-electron chi connectivity index (χ3n) is 3.86. The van der Waals surface area contributed by atoms with E-state index in [1.54, 1.807) is 13.2 Å². The van der Waals surface area contributed by atoms with Gasteiger partial charge in [-0.25, -0.2) is 4.39 Å². The van der Waals surface area contributed by atoms with Gasteiger partial charge in [-0.2, -0.15) is 0 Å². The molecule has 0 N–H and O–H groups in total. The van der Waals surface area contributed by atoms with E-state index in [0.29, 0.717) is 26.1 Å². The molecule has 0 radical (unpaired) electrons. The first-order valence-electron chi connectivity index (χ1n) is 6.49. The summed E-state index contributed by atoms with van der Waals surface area (Å²) in [7, 11) is 1.56. The van der Waals surface area contributed by atoms with E-state index in [2.05, 4.69) is 0 Å². The van der Waals surface area contributed by atoms with Crippen molar-refractivity contribution in [3.8, 4) is 0 Å². The Bertz CT molecular complexity index is 464. The summed E-state index contributed by atoms with van der Waals surface area (Å²) in [6.07, 6.45) is 1.34. The van der Waals surface area contributed by atoms with Gasteiger partial charge in [0.05, 0.1) is 0 Å². The summed E-state index contributed by atoms with van der Waals surface area (Å²) < 4.78 is 24.0. The predicted molar refractivity (Wildman–Crippen MR) is 69.6 cm³/mol. The molecule has 0 amide bonds. The van der Waals surface area contributed by atoms with Crippen molar-refractivity contribution in [2.75, 3.05) is 20.3 Å². The number of carbonyl (C=O) groups excluding carboxylic acids is 1. The van der Waals surface area contributed by atoms with Crippen molar-refractivity contribution in [3.63, 3.8) is 0 Å². The van der Waals surface area contributed by atoms with Gasteiger partial charge in [-0.15, -0.1) is 0 Å². The first-order valence-corrected chi connectivity index (χ1v) is 6.49. The van der Waals surface area contributed by atoms with Crippen molar-refractivity contribution < 1.29 is 18.7 Å². The molecule has 0 aliphatic carbocycles. The molecule has 2 rings (SSSR count). The highest BCUT2D eigenvalue weighted by Crippen LogP contribution is 2.27. The minimum absolute atomic E-state index is 0.00648. The molecule has 0 aromatic heterocycles. The van der Waals surface area contributed by atoms with Gasteiger partial charge in [-0.3, -0.25) is 4.79 Å². The summed E-state index contributed by atoms with van der Waals surface area (Å²) in [5, 5.41) is 0. The van der Waals surface area contributed by atoms with Crippen LogP contribution in [0.15, 0.2) is 18.2 Å². The van der Waals surface area contributed by atoms with Gasteiger partial charge in [0.1, 0.15) is 11.4 Å². The molecule has 0 saturated carbocycles. The summed E-state index contributed by atoms with van der Waals surface area (Å²) in [6.45, 7) is 2.94. The summed E-state index contributed by atoms with van der Waals surface area (Å²) >= 11 is 0. The number of benzene rings is 1. The minimum atomic E-state index is -0.767. The second-order valence-corrected chi connectivity index (χ2v) is 4.98. The number of aryl methyl sites for hydroxylation is 1. The van der Waals surface area contributed by atoms with Crippen LogP contribution in [0.3, 0.4) is 0 Å². The van der Waals surface area contributed by atoms with Crippen molar-refractivity contribution in [2.45, 2.75) is 31.8 Å². The van der Waals surface area contributed by atoms with Crippen LogP contribution >= 0.6 is 0 Å². The van der Waals surface area contributed by atoms with Crippen LogP contribution in [-0.4, -0.2) is 31.7 Å². The van der Waals surface area contributed by atoms with E-state index in [9.17, 15) is 9.18 Å². The Balaban J connectivity index is 2.17. The number of methoxy groups -OCH3 is 1. The number of ketones is 1. The summed E-state index contributed by atoms with van der Waals surface area (Å²) in [5.74, 6) is -0.307. The number of Topliss-reactive ketones (excluding diaryl/α,β-unsaturated/α-hetero) is 1. The highest BCUT2D eigenvalue weighted by Gasteiger charge is 2.39. The number of carbonyl (C=O) groups is 1. The zero-order valence-corrected chi connectivity index (χ0v) is 11.4. The van der Waals surface area contributed by atoms with Crippen LogP contribution in [0.2, 0.25) is 0 Å². The summed E-state index contributed by atoms with van der Waals surface area (Å²) in [4.78, 5) is 12.5. The molecule has 3 nitrogen and oxygen atoms in total. The van der Waals surface area contributed by atoms with E-state index >= 15 is 0 Å². The third kappa shape index (κ3) is 3.01. The Morgan fingerprint density at radius 3 is 2.74 bits per heavy atom. The second kappa shape index (κ2) is 5.80. The molecule has 104 valence electrons. The largest absolute Gasteiger partial charge is 0.381 e. The molecule has 1 aliphatic rings. The standard InChI is InChI=1S/C15H19FO3/c1-11-3-4-13(16)9-12(11)10-14(17)15(18-2)5-7-19-8-6-15/h3-4,9H,5-8,10H2,1-2H3. The van der Waals surface area contributed by atoms with E-state index in [1.807, 2.05) is 6.92 Å². The Kier molecular flexibility index (Phi) is 4.32. The fraction of sp³-hybridized carbons (Fsp3) is 0.533. The van der Waals surface area contributed by atoms with Gasteiger partial charge >= 0.3 is 0 Å². The molecule has 0 unspecified atom stereocenters. The topological polar surface area (TPSA) is 35.5 Å². The molecule has 0 spiro atoms. The van der Waals surface area contributed by atoms with Crippen LogP contribution in [0.1, 0.15) is 24.0 Å². The average Bonchev–Trinajstić information content (AvgIpc) is 2.43. The lowest BCUT2D eigenvalue weighted by Gasteiger charge is -2.34. The van der Waals surface area contributed by atoms with Crippen LogP contribution in [0.25, 0.3) is 0 Å². The summed E-state index contributed by atoms with van der Waals surface area (Å²) in [5.41, 5.74) is 0.887. The normalized spacial score (nSPS) is 18.3. The predicted octanol–water partition coefficient (Wildman–Crippen LogP) is 2.44. The number of rotatable bonds is 4. The molecule has 1 aromatic rings. The van der Waals surface area contributed by atoms with E-state index in [1.165, 1.54) is 12.1 Å². The summed E-state index contributed by atoms with van der Waals surface area (Å²) in [6, 6.07) is 4.53. The van der Waals surface area contributed by atoms with Gasteiger partial charge in [-0.1, -0.05) is 6.07 Å². The SMILES string of the molecule is COC1(C(=O)Cc2cc(F)ccc2C)CCOCC1.